The molecule has 1 saturated heterocycles. The summed E-state index contributed by atoms with van der Waals surface area (Å²) in [5.41, 5.74) is 2.21. The monoisotopic (exact) mass is 279 g/mol. The molecule has 0 aromatic carbocycles. The van der Waals surface area contributed by atoms with Crippen LogP contribution in [0.3, 0.4) is 0 Å². The molecule has 1 atom stereocenters. The fourth-order valence-electron chi connectivity index (χ4n) is 2.61. The molecule has 6 nitrogen and oxygen atoms in total. The van der Waals surface area contributed by atoms with E-state index in [0.717, 1.165) is 37.3 Å². The Balaban J connectivity index is 1.85. The third-order valence-corrected chi connectivity index (χ3v) is 4.12. The van der Waals surface area contributed by atoms with E-state index in [9.17, 15) is 4.79 Å². The van der Waals surface area contributed by atoms with Gasteiger partial charge in [-0.2, -0.15) is 5.10 Å². The third kappa shape index (κ3) is 3.12. The first-order valence-electron chi connectivity index (χ1n) is 7.23. The molecule has 1 fully saturated rings. The minimum absolute atomic E-state index is 0.0259. The largest absolute Gasteiger partial charge is 0.334 e. The zero-order valence-corrected chi connectivity index (χ0v) is 12.9. The Bertz CT molecular complexity index is 468. The predicted molar refractivity (Wildman–Crippen MR) is 78.5 cm³/mol. The average Bonchev–Trinajstić information content (AvgIpc) is 3.03. The molecule has 0 saturated carbocycles. The number of hydrogen-bond donors (Lipinski definition) is 1. The lowest BCUT2D eigenvalue weighted by molar-refractivity contribution is 0.203. The molecule has 0 bridgehead atoms. The zero-order chi connectivity index (χ0) is 14.7. The van der Waals surface area contributed by atoms with Gasteiger partial charge in [-0.1, -0.05) is 0 Å². The second-order valence-corrected chi connectivity index (χ2v) is 5.58. The van der Waals surface area contributed by atoms with Crippen molar-refractivity contribution in [3.05, 3.63) is 17.5 Å². The quantitative estimate of drug-likeness (QED) is 0.896. The molecule has 6 heteroatoms. The first kappa shape index (κ1) is 14.8. The van der Waals surface area contributed by atoms with Crippen LogP contribution in [0, 0.1) is 6.92 Å². The Hall–Kier alpha value is -1.56. The lowest BCUT2D eigenvalue weighted by Gasteiger charge is -2.20. The molecule has 2 rings (SSSR count). The van der Waals surface area contributed by atoms with E-state index in [-0.39, 0.29) is 6.03 Å². The minimum atomic E-state index is 0.0259. The Morgan fingerprint density at radius 2 is 2.30 bits per heavy atom. The third-order valence-electron chi connectivity index (χ3n) is 4.12. The number of rotatable bonds is 4. The first-order chi connectivity index (χ1) is 9.52. The topological polar surface area (TPSA) is 53.4 Å². The van der Waals surface area contributed by atoms with E-state index < -0.39 is 0 Å². The maximum Gasteiger partial charge on any atom is 0.317 e. The van der Waals surface area contributed by atoms with Crippen LogP contribution in [-0.2, 0) is 13.1 Å². The highest BCUT2D eigenvalue weighted by atomic mass is 16.2. The summed E-state index contributed by atoms with van der Waals surface area (Å²) in [5, 5.41) is 7.28. The SMILES string of the molecule is CCn1ncc(CNC(=O)N2CCC(N(C)C)C2)c1C. The van der Waals surface area contributed by atoms with Crippen LogP contribution >= 0.6 is 0 Å². The van der Waals surface area contributed by atoms with Crippen molar-refractivity contribution < 1.29 is 4.79 Å². The molecule has 0 aliphatic carbocycles. The van der Waals surface area contributed by atoms with Crippen molar-refractivity contribution in [3.8, 4) is 0 Å². The van der Waals surface area contributed by atoms with E-state index in [1.165, 1.54) is 0 Å². The van der Waals surface area contributed by atoms with Gasteiger partial charge in [0, 0.05) is 43.5 Å². The molecule has 20 heavy (non-hydrogen) atoms. The number of likely N-dealkylation sites (N-methyl/N-ethyl adjacent to an activating group) is 1. The van der Waals surface area contributed by atoms with Gasteiger partial charge < -0.3 is 15.1 Å². The fourth-order valence-corrected chi connectivity index (χ4v) is 2.61. The molecule has 112 valence electrons. The summed E-state index contributed by atoms with van der Waals surface area (Å²) < 4.78 is 1.94. The lowest BCUT2D eigenvalue weighted by atomic mass is 10.2. The number of aryl methyl sites for hydroxylation is 1. The molecule has 0 spiro atoms. The molecule has 1 unspecified atom stereocenters. The highest BCUT2D eigenvalue weighted by Crippen LogP contribution is 2.13. The summed E-state index contributed by atoms with van der Waals surface area (Å²) in [7, 11) is 4.13. The lowest BCUT2D eigenvalue weighted by Crippen LogP contribution is -2.40. The average molecular weight is 279 g/mol. The number of carbonyl (C=O) groups is 1. The number of nitrogens with zero attached hydrogens (tertiary/aromatic N) is 4. The van der Waals surface area contributed by atoms with Crippen molar-refractivity contribution in [2.45, 2.75) is 39.4 Å². The van der Waals surface area contributed by atoms with Gasteiger partial charge in [0.15, 0.2) is 0 Å². The van der Waals surface area contributed by atoms with Gasteiger partial charge in [0.05, 0.1) is 6.20 Å². The first-order valence-corrected chi connectivity index (χ1v) is 7.23. The van der Waals surface area contributed by atoms with Crippen molar-refractivity contribution in [2.24, 2.45) is 0 Å². The number of likely N-dealkylation sites (tertiary alicyclic amines) is 1. The highest BCUT2D eigenvalue weighted by molar-refractivity contribution is 5.74. The maximum absolute atomic E-state index is 12.1. The summed E-state index contributed by atoms with van der Waals surface area (Å²) in [6, 6.07) is 0.503. The Morgan fingerprint density at radius 1 is 1.55 bits per heavy atom. The molecular formula is C14H25N5O. The van der Waals surface area contributed by atoms with Gasteiger partial charge in [-0.15, -0.1) is 0 Å². The van der Waals surface area contributed by atoms with Crippen molar-refractivity contribution in [3.63, 3.8) is 0 Å². The van der Waals surface area contributed by atoms with Gasteiger partial charge in [0.1, 0.15) is 0 Å². The summed E-state index contributed by atoms with van der Waals surface area (Å²) in [5.74, 6) is 0. The molecule has 0 radical (unpaired) electrons. The molecule has 1 aliphatic heterocycles. The van der Waals surface area contributed by atoms with Gasteiger partial charge >= 0.3 is 6.03 Å². The molecule has 1 aromatic heterocycles. The summed E-state index contributed by atoms with van der Waals surface area (Å²) >= 11 is 0. The normalized spacial score (nSPS) is 18.9. The van der Waals surface area contributed by atoms with Crippen LogP contribution in [0.15, 0.2) is 6.20 Å². The van der Waals surface area contributed by atoms with Gasteiger partial charge in [-0.3, -0.25) is 4.68 Å². The van der Waals surface area contributed by atoms with Crippen molar-refractivity contribution in [1.29, 1.82) is 0 Å². The summed E-state index contributed by atoms with van der Waals surface area (Å²) in [6.45, 7) is 7.15. The highest BCUT2D eigenvalue weighted by Gasteiger charge is 2.27. The molecule has 1 aromatic rings. The minimum Gasteiger partial charge on any atom is -0.334 e. The zero-order valence-electron chi connectivity index (χ0n) is 12.9. The van der Waals surface area contributed by atoms with Gasteiger partial charge in [-0.05, 0) is 34.4 Å². The van der Waals surface area contributed by atoms with Crippen LogP contribution in [-0.4, -0.2) is 58.8 Å². The maximum atomic E-state index is 12.1. The number of hydrogen-bond acceptors (Lipinski definition) is 3. The summed E-state index contributed by atoms with van der Waals surface area (Å²) in [6.07, 6.45) is 2.89. The van der Waals surface area contributed by atoms with Crippen molar-refractivity contribution in [1.82, 2.24) is 24.9 Å². The second-order valence-electron chi connectivity index (χ2n) is 5.58. The summed E-state index contributed by atoms with van der Waals surface area (Å²) in [4.78, 5) is 16.2. The van der Waals surface area contributed by atoms with Crippen LogP contribution in [0.25, 0.3) is 0 Å². The number of amides is 2. The van der Waals surface area contributed by atoms with Crippen LogP contribution < -0.4 is 5.32 Å². The van der Waals surface area contributed by atoms with Crippen LogP contribution in [0.4, 0.5) is 4.79 Å². The van der Waals surface area contributed by atoms with Crippen LogP contribution in [0.2, 0.25) is 0 Å². The van der Waals surface area contributed by atoms with E-state index in [4.69, 9.17) is 0 Å². The van der Waals surface area contributed by atoms with Crippen molar-refractivity contribution in [2.75, 3.05) is 27.2 Å². The molecular weight excluding hydrogens is 254 g/mol. The van der Waals surface area contributed by atoms with Gasteiger partial charge in [-0.25, -0.2) is 4.79 Å². The van der Waals surface area contributed by atoms with E-state index in [0.29, 0.717) is 12.6 Å². The van der Waals surface area contributed by atoms with Gasteiger partial charge in [0.2, 0.25) is 0 Å². The van der Waals surface area contributed by atoms with Crippen LogP contribution in [0.5, 0.6) is 0 Å². The number of nitrogens with one attached hydrogen (secondary N) is 1. The van der Waals surface area contributed by atoms with E-state index in [2.05, 4.69) is 36.3 Å². The van der Waals surface area contributed by atoms with Crippen molar-refractivity contribution >= 4 is 6.03 Å². The smallest absolute Gasteiger partial charge is 0.317 e. The van der Waals surface area contributed by atoms with E-state index in [1.54, 1.807) is 0 Å². The number of aromatic nitrogens is 2. The molecule has 2 heterocycles. The van der Waals surface area contributed by atoms with E-state index >= 15 is 0 Å². The Morgan fingerprint density at radius 3 is 2.85 bits per heavy atom. The Labute approximate surface area is 120 Å². The predicted octanol–water partition coefficient (Wildman–Crippen LogP) is 1.06. The van der Waals surface area contributed by atoms with Gasteiger partial charge in [0.25, 0.3) is 0 Å². The molecule has 1 aliphatic rings. The second kappa shape index (κ2) is 6.26. The molecule has 2 amide bonds. The Kier molecular flexibility index (Phi) is 4.65. The van der Waals surface area contributed by atoms with E-state index in [1.807, 2.05) is 22.7 Å². The fraction of sp³-hybridized carbons (Fsp3) is 0.714. The van der Waals surface area contributed by atoms with Crippen LogP contribution in [0.1, 0.15) is 24.6 Å². The number of carbonyl (C=O) groups excluding carboxylic acids is 1. The number of urea groups is 1. The standard InChI is InChI=1S/C14H25N5O/c1-5-19-11(2)12(9-16-19)8-15-14(20)18-7-6-13(10-18)17(3)4/h9,13H,5-8,10H2,1-4H3,(H,15,20). The molecule has 1 N–H and O–H groups in total.